The Hall–Kier alpha value is -1.16. The van der Waals surface area contributed by atoms with Crippen LogP contribution in [0.15, 0.2) is 12.3 Å². The van der Waals surface area contributed by atoms with Gasteiger partial charge in [-0.15, -0.1) is 5.10 Å². The molecular weight excluding hydrogens is 176 g/mol. The lowest BCUT2D eigenvalue weighted by Crippen LogP contribution is -2.23. The molecule has 0 bridgehead atoms. The average molecular weight is 194 g/mol. The van der Waals surface area contributed by atoms with Gasteiger partial charge in [0.15, 0.2) is 5.82 Å². The predicted molar refractivity (Wildman–Crippen MR) is 58.6 cm³/mol. The second-order valence-electron chi connectivity index (χ2n) is 3.47. The molecule has 1 aromatic rings. The lowest BCUT2D eigenvalue weighted by Gasteiger charge is -2.17. The Labute approximate surface area is 85.3 Å². The number of hydrogen-bond donors (Lipinski definition) is 1. The Morgan fingerprint density at radius 3 is 2.93 bits per heavy atom. The van der Waals surface area contributed by atoms with E-state index in [0.717, 1.165) is 30.9 Å². The molecule has 14 heavy (non-hydrogen) atoms. The monoisotopic (exact) mass is 194 g/mol. The van der Waals surface area contributed by atoms with Gasteiger partial charge in [0.05, 0.1) is 6.20 Å². The Bertz CT molecular complexity index is 275. The normalized spacial score (nSPS) is 10.2. The molecule has 0 aliphatic heterocycles. The van der Waals surface area contributed by atoms with E-state index in [2.05, 4.69) is 20.4 Å². The van der Waals surface area contributed by atoms with Crippen molar-refractivity contribution in [3.8, 4) is 0 Å². The van der Waals surface area contributed by atoms with Crippen LogP contribution in [0.1, 0.15) is 12.0 Å². The highest BCUT2D eigenvalue weighted by atomic mass is 15.2. The molecule has 0 fully saturated rings. The maximum Gasteiger partial charge on any atom is 0.151 e. The molecule has 0 radical (unpaired) electrons. The van der Waals surface area contributed by atoms with Gasteiger partial charge in [-0.3, -0.25) is 0 Å². The Balaban J connectivity index is 2.47. The van der Waals surface area contributed by atoms with Crippen molar-refractivity contribution in [3.63, 3.8) is 0 Å². The Morgan fingerprint density at radius 2 is 2.29 bits per heavy atom. The number of rotatable bonds is 5. The highest BCUT2D eigenvalue weighted by Crippen LogP contribution is 2.08. The van der Waals surface area contributed by atoms with Crippen LogP contribution in [-0.2, 0) is 0 Å². The fourth-order valence-electron chi connectivity index (χ4n) is 1.24. The van der Waals surface area contributed by atoms with E-state index in [9.17, 15) is 0 Å². The molecule has 0 aromatic carbocycles. The van der Waals surface area contributed by atoms with Crippen LogP contribution < -0.4 is 10.2 Å². The van der Waals surface area contributed by atoms with E-state index in [-0.39, 0.29) is 0 Å². The first kappa shape index (κ1) is 10.9. The summed E-state index contributed by atoms with van der Waals surface area (Å²) in [7, 11) is 4.01. The smallest absolute Gasteiger partial charge is 0.151 e. The minimum atomic E-state index is 0.945. The summed E-state index contributed by atoms with van der Waals surface area (Å²) >= 11 is 0. The van der Waals surface area contributed by atoms with Crippen LogP contribution in [0.3, 0.4) is 0 Å². The first-order chi connectivity index (χ1) is 6.74. The number of nitrogens with zero attached hydrogens (tertiary/aromatic N) is 3. The van der Waals surface area contributed by atoms with Crippen molar-refractivity contribution >= 4 is 5.82 Å². The van der Waals surface area contributed by atoms with Gasteiger partial charge in [-0.1, -0.05) is 0 Å². The molecule has 1 N–H and O–H groups in total. The number of aryl methyl sites for hydroxylation is 1. The van der Waals surface area contributed by atoms with E-state index in [0.29, 0.717) is 0 Å². The summed E-state index contributed by atoms with van der Waals surface area (Å²) in [6, 6.07) is 2.05. The Morgan fingerprint density at radius 1 is 1.50 bits per heavy atom. The maximum atomic E-state index is 4.07. The van der Waals surface area contributed by atoms with Gasteiger partial charge in [-0.25, -0.2) is 0 Å². The zero-order chi connectivity index (χ0) is 10.4. The minimum Gasteiger partial charge on any atom is -0.358 e. The molecule has 0 aliphatic carbocycles. The van der Waals surface area contributed by atoms with E-state index in [1.807, 2.05) is 27.1 Å². The van der Waals surface area contributed by atoms with Gasteiger partial charge >= 0.3 is 0 Å². The molecular formula is C10H18N4. The molecule has 0 atom stereocenters. The zero-order valence-corrected chi connectivity index (χ0v) is 9.12. The second-order valence-corrected chi connectivity index (χ2v) is 3.47. The number of anilines is 1. The average Bonchev–Trinajstić information content (AvgIpc) is 2.18. The van der Waals surface area contributed by atoms with Crippen molar-refractivity contribution in [3.05, 3.63) is 17.8 Å². The third-order valence-electron chi connectivity index (χ3n) is 2.09. The van der Waals surface area contributed by atoms with Crippen molar-refractivity contribution < 1.29 is 0 Å². The summed E-state index contributed by atoms with van der Waals surface area (Å²) in [5.41, 5.74) is 1.15. The summed E-state index contributed by atoms with van der Waals surface area (Å²) in [6.45, 7) is 4.06. The lowest BCUT2D eigenvalue weighted by atomic mass is 10.3. The van der Waals surface area contributed by atoms with E-state index < -0.39 is 0 Å². The van der Waals surface area contributed by atoms with Gasteiger partial charge in [0.2, 0.25) is 0 Å². The largest absolute Gasteiger partial charge is 0.358 e. The summed E-state index contributed by atoms with van der Waals surface area (Å²) in [4.78, 5) is 2.12. The van der Waals surface area contributed by atoms with Crippen molar-refractivity contribution in [2.24, 2.45) is 0 Å². The fourth-order valence-corrected chi connectivity index (χ4v) is 1.24. The van der Waals surface area contributed by atoms with E-state index in [1.165, 1.54) is 0 Å². The quantitative estimate of drug-likeness (QED) is 0.705. The molecule has 1 heterocycles. The van der Waals surface area contributed by atoms with Crippen LogP contribution in [-0.4, -0.2) is 37.4 Å². The molecule has 1 rings (SSSR count). The molecule has 0 spiro atoms. The zero-order valence-electron chi connectivity index (χ0n) is 9.12. The van der Waals surface area contributed by atoms with Gasteiger partial charge in [0.1, 0.15) is 0 Å². The van der Waals surface area contributed by atoms with Gasteiger partial charge < -0.3 is 10.2 Å². The molecule has 0 aliphatic rings. The van der Waals surface area contributed by atoms with Crippen molar-refractivity contribution in [1.82, 2.24) is 15.5 Å². The molecule has 4 nitrogen and oxygen atoms in total. The number of hydrogen-bond acceptors (Lipinski definition) is 4. The van der Waals surface area contributed by atoms with Crippen molar-refractivity contribution in [2.75, 3.05) is 32.1 Å². The molecule has 0 unspecified atom stereocenters. The topological polar surface area (TPSA) is 41.0 Å². The first-order valence-electron chi connectivity index (χ1n) is 4.89. The van der Waals surface area contributed by atoms with Gasteiger partial charge in [-0.05, 0) is 38.6 Å². The molecule has 1 aromatic heterocycles. The molecule has 0 saturated carbocycles. The lowest BCUT2D eigenvalue weighted by molar-refractivity contribution is 0.706. The summed E-state index contributed by atoms with van der Waals surface area (Å²) in [5.74, 6) is 0.945. The van der Waals surface area contributed by atoms with Crippen molar-refractivity contribution in [1.29, 1.82) is 0 Å². The predicted octanol–water partition coefficient (Wildman–Crippen LogP) is 0.831. The molecule has 4 heteroatoms. The van der Waals surface area contributed by atoms with E-state index >= 15 is 0 Å². The third kappa shape index (κ3) is 3.30. The molecule has 0 amide bonds. The highest BCUT2D eigenvalue weighted by molar-refractivity contribution is 5.37. The van der Waals surface area contributed by atoms with Crippen LogP contribution in [0.5, 0.6) is 0 Å². The van der Waals surface area contributed by atoms with Gasteiger partial charge in [0, 0.05) is 13.6 Å². The first-order valence-corrected chi connectivity index (χ1v) is 4.89. The summed E-state index contributed by atoms with van der Waals surface area (Å²) in [5, 5.41) is 11.1. The van der Waals surface area contributed by atoms with E-state index in [4.69, 9.17) is 0 Å². The SMILES string of the molecule is CNCCCN(C)c1cc(C)cnn1. The van der Waals surface area contributed by atoms with E-state index in [1.54, 1.807) is 6.20 Å². The van der Waals surface area contributed by atoms with Crippen LogP contribution in [0, 0.1) is 6.92 Å². The van der Waals surface area contributed by atoms with Crippen LogP contribution >= 0.6 is 0 Å². The van der Waals surface area contributed by atoms with Crippen LogP contribution in [0.25, 0.3) is 0 Å². The third-order valence-corrected chi connectivity index (χ3v) is 2.09. The second kappa shape index (κ2) is 5.54. The number of aromatic nitrogens is 2. The fraction of sp³-hybridized carbons (Fsp3) is 0.600. The summed E-state index contributed by atoms with van der Waals surface area (Å²) < 4.78 is 0. The van der Waals surface area contributed by atoms with Crippen LogP contribution in [0.4, 0.5) is 5.82 Å². The van der Waals surface area contributed by atoms with Crippen LogP contribution in [0.2, 0.25) is 0 Å². The Kier molecular flexibility index (Phi) is 4.32. The standard InChI is InChI=1S/C10H18N4/c1-9-7-10(13-12-8-9)14(3)6-4-5-11-2/h7-8,11H,4-6H2,1-3H3. The van der Waals surface area contributed by atoms with Crippen molar-refractivity contribution in [2.45, 2.75) is 13.3 Å². The minimum absolute atomic E-state index is 0.945. The van der Waals surface area contributed by atoms with Gasteiger partial charge in [0.25, 0.3) is 0 Å². The summed E-state index contributed by atoms with van der Waals surface area (Å²) in [6.07, 6.45) is 2.88. The molecule has 78 valence electrons. The number of nitrogens with one attached hydrogen (secondary N) is 1. The molecule has 0 saturated heterocycles. The maximum absolute atomic E-state index is 4.07. The highest BCUT2D eigenvalue weighted by Gasteiger charge is 2.01. The van der Waals surface area contributed by atoms with Gasteiger partial charge in [-0.2, -0.15) is 5.10 Å².